The second-order valence-corrected chi connectivity index (χ2v) is 4.25. The number of carbonyl (C=O) groups excluding carboxylic acids is 1. The van der Waals surface area contributed by atoms with Crippen LogP contribution in [0.4, 0.5) is 0 Å². The quantitative estimate of drug-likeness (QED) is 0.775. The molecule has 0 aliphatic rings. The molecular formula is C13H15N3O2. The zero-order chi connectivity index (χ0) is 13.1. The average molecular weight is 245 g/mol. The minimum Gasteiger partial charge on any atom is -0.496 e. The molecule has 5 heteroatoms. The summed E-state index contributed by atoms with van der Waals surface area (Å²) in [4.78, 5) is 15.2. The second kappa shape index (κ2) is 5.00. The van der Waals surface area contributed by atoms with E-state index in [0.717, 1.165) is 17.8 Å². The summed E-state index contributed by atoms with van der Waals surface area (Å²) in [6.07, 6.45) is 2.41. The first kappa shape index (κ1) is 12.3. The van der Waals surface area contributed by atoms with E-state index in [1.54, 1.807) is 23.1 Å². The molecule has 0 saturated heterocycles. The van der Waals surface area contributed by atoms with Crippen molar-refractivity contribution in [1.29, 1.82) is 0 Å². The molecule has 5 nitrogen and oxygen atoms in total. The molecule has 1 aromatic carbocycles. The van der Waals surface area contributed by atoms with Crippen LogP contribution < -0.4 is 4.74 Å². The summed E-state index contributed by atoms with van der Waals surface area (Å²) < 4.78 is 6.75. The van der Waals surface area contributed by atoms with Gasteiger partial charge in [-0.3, -0.25) is 4.79 Å². The fraction of sp³-hybridized carbons (Fsp3) is 0.308. The van der Waals surface area contributed by atoms with Crippen LogP contribution in [0, 0.1) is 0 Å². The predicted octanol–water partition coefficient (Wildman–Crippen LogP) is 2.21. The Labute approximate surface area is 105 Å². The second-order valence-electron chi connectivity index (χ2n) is 4.25. The Morgan fingerprint density at radius 3 is 2.72 bits per heavy atom. The number of hydrogen-bond donors (Lipinski definition) is 0. The van der Waals surface area contributed by atoms with Crippen LogP contribution in [-0.4, -0.2) is 28.2 Å². The van der Waals surface area contributed by atoms with E-state index in [1.807, 2.05) is 19.9 Å². The topological polar surface area (TPSA) is 57.0 Å². The molecule has 0 spiro atoms. The molecule has 0 aliphatic heterocycles. The Kier molecular flexibility index (Phi) is 3.41. The van der Waals surface area contributed by atoms with Crippen molar-refractivity contribution in [2.45, 2.75) is 19.8 Å². The van der Waals surface area contributed by atoms with Gasteiger partial charge in [-0.25, -0.2) is 9.67 Å². The van der Waals surface area contributed by atoms with Crippen LogP contribution in [0.15, 0.2) is 24.5 Å². The van der Waals surface area contributed by atoms with Crippen LogP contribution >= 0.6 is 0 Å². The minimum absolute atomic E-state index is 0.273. The number of carbonyl (C=O) groups is 1. The maximum absolute atomic E-state index is 11.0. The van der Waals surface area contributed by atoms with Crippen molar-refractivity contribution < 1.29 is 9.53 Å². The molecule has 0 fully saturated rings. The molecule has 0 bridgehead atoms. The van der Waals surface area contributed by atoms with Crippen molar-refractivity contribution in [3.8, 4) is 11.4 Å². The molecule has 18 heavy (non-hydrogen) atoms. The van der Waals surface area contributed by atoms with Gasteiger partial charge in [0.25, 0.3) is 0 Å². The van der Waals surface area contributed by atoms with Crippen molar-refractivity contribution >= 4 is 6.29 Å². The van der Waals surface area contributed by atoms with Crippen LogP contribution in [0.5, 0.6) is 5.75 Å². The van der Waals surface area contributed by atoms with E-state index < -0.39 is 0 Å². The molecular weight excluding hydrogens is 230 g/mol. The Morgan fingerprint density at radius 1 is 1.39 bits per heavy atom. The molecule has 0 unspecified atom stereocenters. The van der Waals surface area contributed by atoms with Gasteiger partial charge in [0.05, 0.1) is 18.4 Å². The summed E-state index contributed by atoms with van der Waals surface area (Å²) in [5.41, 5.74) is 1.29. The zero-order valence-corrected chi connectivity index (χ0v) is 10.6. The molecule has 0 radical (unpaired) electrons. The van der Waals surface area contributed by atoms with Gasteiger partial charge < -0.3 is 4.74 Å². The molecule has 94 valence electrons. The fourth-order valence-corrected chi connectivity index (χ4v) is 1.62. The van der Waals surface area contributed by atoms with Gasteiger partial charge in [-0.1, -0.05) is 13.8 Å². The number of benzene rings is 1. The van der Waals surface area contributed by atoms with Crippen molar-refractivity contribution in [2.24, 2.45) is 0 Å². The molecule has 0 saturated carbocycles. The molecule has 1 heterocycles. The van der Waals surface area contributed by atoms with E-state index >= 15 is 0 Å². The highest BCUT2D eigenvalue weighted by molar-refractivity contribution is 5.80. The first-order valence-electron chi connectivity index (χ1n) is 5.71. The van der Waals surface area contributed by atoms with Crippen LogP contribution in [0.25, 0.3) is 5.69 Å². The first-order chi connectivity index (χ1) is 8.65. The summed E-state index contributed by atoms with van der Waals surface area (Å²) >= 11 is 0. The zero-order valence-electron chi connectivity index (χ0n) is 10.6. The third-order valence-electron chi connectivity index (χ3n) is 2.63. The third kappa shape index (κ3) is 2.25. The number of aromatic nitrogens is 3. The molecule has 2 rings (SSSR count). The summed E-state index contributed by atoms with van der Waals surface area (Å²) in [5, 5.41) is 4.36. The number of aldehydes is 1. The maximum Gasteiger partial charge on any atom is 0.153 e. The molecule has 0 amide bonds. The fourth-order valence-electron chi connectivity index (χ4n) is 1.62. The molecule has 1 aromatic heterocycles. The van der Waals surface area contributed by atoms with Crippen LogP contribution in [-0.2, 0) is 0 Å². The van der Waals surface area contributed by atoms with E-state index in [9.17, 15) is 4.79 Å². The van der Waals surface area contributed by atoms with Gasteiger partial charge in [-0.05, 0) is 18.2 Å². The smallest absolute Gasteiger partial charge is 0.153 e. The lowest BCUT2D eigenvalue weighted by Crippen LogP contribution is -1.99. The van der Waals surface area contributed by atoms with E-state index in [-0.39, 0.29) is 5.92 Å². The van der Waals surface area contributed by atoms with Gasteiger partial charge in [-0.15, -0.1) is 0 Å². The highest BCUT2D eigenvalue weighted by Crippen LogP contribution is 2.20. The van der Waals surface area contributed by atoms with Crippen molar-refractivity contribution in [3.05, 3.63) is 35.9 Å². The minimum atomic E-state index is 0.273. The number of methoxy groups -OCH3 is 1. The van der Waals surface area contributed by atoms with Gasteiger partial charge >= 0.3 is 0 Å². The summed E-state index contributed by atoms with van der Waals surface area (Å²) in [6.45, 7) is 4.06. The molecule has 0 atom stereocenters. The lowest BCUT2D eigenvalue weighted by atomic mass is 10.2. The van der Waals surface area contributed by atoms with Gasteiger partial charge in [0.15, 0.2) is 12.1 Å². The standard InChI is InChI=1S/C13H15N3O2/c1-9(2)13-14-8-16(15-13)11-4-5-12(18-3)10(6-11)7-17/h4-9H,1-3H3. The lowest BCUT2D eigenvalue weighted by Gasteiger charge is -2.06. The number of ether oxygens (including phenoxy) is 1. The summed E-state index contributed by atoms with van der Waals surface area (Å²) in [7, 11) is 1.54. The van der Waals surface area contributed by atoms with Gasteiger partial charge in [-0.2, -0.15) is 5.10 Å². The molecule has 0 N–H and O–H groups in total. The largest absolute Gasteiger partial charge is 0.496 e. The van der Waals surface area contributed by atoms with Crippen LogP contribution in [0.2, 0.25) is 0 Å². The average Bonchev–Trinajstić information content (AvgIpc) is 2.87. The number of nitrogens with zero attached hydrogens (tertiary/aromatic N) is 3. The number of hydrogen-bond acceptors (Lipinski definition) is 4. The van der Waals surface area contributed by atoms with Crippen molar-refractivity contribution in [3.63, 3.8) is 0 Å². The van der Waals surface area contributed by atoms with E-state index in [4.69, 9.17) is 4.74 Å². The Bertz CT molecular complexity index is 561. The predicted molar refractivity (Wildman–Crippen MR) is 67.4 cm³/mol. The lowest BCUT2D eigenvalue weighted by molar-refractivity contribution is 0.112. The van der Waals surface area contributed by atoms with Gasteiger partial charge in [0.2, 0.25) is 0 Å². The van der Waals surface area contributed by atoms with Crippen molar-refractivity contribution in [1.82, 2.24) is 14.8 Å². The van der Waals surface area contributed by atoms with E-state index in [2.05, 4.69) is 10.1 Å². The number of rotatable bonds is 4. The Hall–Kier alpha value is -2.17. The van der Waals surface area contributed by atoms with Crippen molar-refractivity contribution in [2.75, 3.05) is 7.11 Å². The Balaban J connectivity index is 2.41. The summed E-state index contributed by atoms with van der Waals surface area (Å²) in [6, 6.07) is 5.31. The van der Waals surface area contributed by atoms with Crippen LogP contribution in [0.1, 0.15) is 35.9 Å². The monoisotopic (exact) mass is 245 g/mol. The van der Waals surface area contributed by atoms with E-state index in [1.165, 1.54) is 7.11 Å². The first-order valence-corrected chi connectivity index (χ1v) is 5.71. The SMILES string of the molecule is COc1ccc(-n2cnc(C(C)C)n2)cc1C=O. The van der Waals surface area contributed by atoms with E-state index in [0.29, 0.717) is 11.3 Å². The Morgan fingerprint density at radius 2 is 2.17 bits per heavy atom. The van der Waals surface area contributed by atoms with Gasteiger partial charge in [0.1, 0.15) is 12.1 Å². The highest BCUT2D eigenvalue weighted by Gasteiger charge is 2.08. The molecule has 0 aliphatic carbocycles. The summed E-state index contributed by atoms with van der Waals surface area (Å²) in [5.74, 6) is 1.60. The maximum atomic E-state index is 11.0. The molecule has 2 aromatic rings. The third-order valence-corrected chi connectivity index (χ3v) is 2.63. The highest BCUT2D eigenvalue weighted by atomic mass is 16.5. The normalized spacial score (nSPS) is 10.7. The van der Waals surface area contributed by atoms with Crippen LogP contribution in [0.3, 0.4) is 0 Å². The van der Waals surface area contributed by atoms with Gasteiger partial charge in [0, 0.05) is 5.92 Å².